The predicted molar refractivity (Wildman–Crippen MR) is 87.0 cm³/mol. The van der Waals surface area contributed by atoms with Gasteiger partial charge in [-0.05, 0) is 35.9 Å². The van der Waals surface area contributed by atoms with E-state index in [0.29, 0.717) is 16.9 Å². The van der Waals surface area contributed by atoms with E-state index in [-0.39, 0.29) is 5.91 Å². The molecule has 0 heterocycles. The number of esters is 1. The minimum absolute atomic E-state index is 0.311. The molecule has 0 saturated carbocycles. The summed E-state index contributed by atoms with van der Waals surface area (Å²) in [4.78, 5) is 22.8. The molecule has 1 N–H and O–H groups in total. The van der Waals surface area contributed by atoms with Crippen LogP contribution in [0.3, 0.4) is 0 Å². The van der Waals surface area contributed by atoms with E-state index in [4.69, 9.17) is 4.74 Å². The van der Waals surface area contributed by atoms with Crippen LogP contribution in [0.5, 0.6) is 5.75 Å². The van der Waals surface area contributed by atoms with Crippen LogP contribution < -0.4 is 10.2 Å². The van der Waals surface area contributed by atoms with Crippen LogP contribution in [0.15, 0.2) is 58.1 Å². The lowest BCUT2D eigenvalue weighted by Gasteiger charge is -2.02. The van der Waals surface area contributed by atoms with Gasteiger partial charge in [0.25, 0.3) is 5.91 Å². The highest BCUT2D eigenvalue weighted by Gasteiger charge is 2.04. The lowest BCUT2D eigenvalue weighted by molar-refractivity contribution is -0.131. The van der Waals surface area contributed by atoms with Crippen LogP contribution in [-0.2, 0) is 4.79 Å². The zero-order chi connectivity index (χ0) is 15.9. The first-order valence-electron chi connectivity index (χ1n) is 6.42. The Kier molecular flexibility index (Phi) is 5.43. The lowest BCUT2D eigenvalue weighted by atomic mass is 10.2. The summed E-state index contributed by atoms with van der Waals surface area (Å²) in [5, 5.41) is 3.89. The Bertz CT molecular complexity index is 729. The second-order valence-corrected chi connectivity index (χ2v) is 5.29. The number of ether oxygens (including phenoxy) is 1. The predicted octanol–water partition coefficient (Wildman–Crippen LogP) is 3.14. The van der Waals surface area contributed by atoms with Gasteiger partial charge in [0.05, 0.1) is 6.21 Å². The molecule has 0 saturated heterocycles. The van der Waals surface area contributed by atoms with E-state index in [2.05, 4.69) is 26.5 Å². The second kappa shape index (κ2) is 7.51. The summed E-state index contributed by atoms with van der Waals surface area (Å²) in [6.07, 6.45) is 1.48. The van der Waals surface area contributed by atoms with E-state index >= 15 is 0 Å². The maximum absolute atomic E-state index is 11.9. The molecule has 112 valence electrons. The number of amides is 1. The van der Waals surface area contributed by atoms with Crippen LogP contribution in [0.2, 0.25) is 0 Å². The summed E-state index contributed by atoms with van der Waals surface area (Å²) >= 11 is 3.30. The third-order valence-corrected chi connectivity index (χ3v) is 3.08. The van der Waals surface area contributed by atoms with Crippen molar-refractivity contribution in [3.63, 3.8) is 0 Å². The van der Waals surface area contributed by atoms with Gasteiger partial charge in [-0.15, -0.1) is 0 Å². The average molecular weight is 361 g/mol. The zero-order valence-corrected chi connectivity index (χ0v) is 13.3. The highest BCUT2D eigenvalue weighted by Crippen LogP contribution is 2.13. The van der Waals surface area contributed by atoms with E-state index in [0.717, 1.165) is 4.47 Å². The van der Waals surface area contributed by atoms with Crippen molar-refractivity contribution < 1.29 is 14.3 Å². The Morgan fingerprint density at radius 1 is 1.18 bits per heavy atom. The normalized spacial score (nSPS) is 10.5. The molecule has 0 radical (unpaired) electrons. The van der Waals surface area contributed by atoms with Crippen molar-refractivity contribution in [2.24, 2.45) is 5.10 Å². The molecule has 5 nitrogen and oxygen atoms in total. The molecular formula is C16H13BrN2O3. The first-order valence-corrected chi connectivity index (χ1v) is 7.21. The molecule has 6 heteroatoms. The number of hydrazone groups is 1. The number of nitrogens with one attached hydrogen (secondary N) is 1. The van der Waals surface area contributed by atoms with Crippen LogP contribution in [-0.4, -0.2) is 18.1 Å². The van der Waals surface area contributed by atoms with Gasteiger partial charge in [0.2, 0.25) is 0 Å². The highest BCUT2D eigenvalue weighted by atomic mass is 79.9. The fraction of sp³-hybridized carbons (Fsp3) is 0.0625. The maximum Gasteiger partial charge on any atom is 0.308 e. The summed E-state index contributed by atoms with van der Waals surface area (Å²) in [5.74, 6) is -0.277. The monoisotopic (exact) mass is 360 g/mol. The zero-order valence-electron chi connectivity index (χ0n) is 11.7. The smallest absolute Gasteiger partial charge is 0.308 e. The van der Waals surface area contributed by atoms with E-state index in [1.54, 1.807) is 42.5 Å². The molecule has 0 aliphatic heterocycles. The molecule has 2 aromatic rings. The van der Waals surface area contributed by atoms with Crippen molar-refractivity contribution in [3.8, 4) is 5.75 Å². The molecule has 0 unspecified atom stereocenters. The van der Waals surface area contributed by atoms with Gasteiger partial charge in [0, 0.05) is 17.0 Å². The van der Waals surface area contributed by atoms with Gasteiger partial charge >= 0.3 is 5.97 Å². The summed E-state index contributed by atoms with van der Waals surface area (Å²) in [5.41, 5.74) is 3.64. The van der Waals surface area contributed by atoms with Crippen molar-refractivity contribution in [2.45, 2.75) is 6.92 Å². The molecule has 0 spiro atoms. The Hall–Kier alpha value is -2.47. The van der Waals surface area contributed by atoms with Gasteiger partial charge in [-0.2, -0.15) is 5.10 Å². The van der Waals surface area contributed by atoms with E-state index in [1.807, 2.05) is 6.07 Å². The Labute approximate surface area is 136 Å². The van der Waals surface area contributed by atoms with Crippen molar-refractivity contribution in [3.05, 3.63) is 64.1 Å². The largest absolute Gasteiger partial charge is 0.427 e. The second-order valence-electron chi connectivity index (χ2n) is 4.38. The quantitative estimate of drug-likeness (QED) is 0.394. The summed E-state index contributed by atoms with van der Waals surface area (Å²) in [7, 11) is 0. The Morgan fingerprint density at radius 3 is 2.68 bits per heavy atom. The molecule has 0 aromatic heterocycles. The highest BCUT2D eigenvalue weighted by molar-refractivity contribution is 9.10. The van der Waals surface area contributed by atoms with Crippen LogP contribution in [0.4, 0.5) is 0 Å². The van der Waals surface area contributed by atoms with Crippen molar-refractivity contribution in [1.29, 1.82) is 0 Å². The molecule has 0 aliphatic carbocycles. The molecule has 0 fully saturated rings. The number of carbonyl (C=O) groups excluding carboxylic acids is 2. The van der Waals surface area contributed by atoms with Crippen molar-refractivity contribution >= 4 is 34.0 Å². The first-order chi connectivity index (χ1) is 10.5. The van der Waals surface area contributed by atoms with Gasteiger partial charge in [-0.3, -0.25) is 9.59 Å². The number of hydrogen-bond donors (Lipinski definition) is 1. The first kappa shape index (κ1) is 15.9. The molecule has 1 amide bonds. The fourth-order valence-electron chi connectivity index (χ4n) is 1.68. The number of rotatable bonds is 4. The van der Waals surface area contributed by atoms with E-state index < -0.39 is 5.97 Å². The molecule has 2 aromatic carbocycles. The number of carbonyl (C=O) groups is 2. The third-order valence-electron chi connectivity index (χ3n) is 2.59. The Morgan fingerprint density at radius 2 is 1.95 bits per heavy atom. The fourth-order valence-corrected chi connectivity index (χ4v) is 2.08. The number of benzene rings is 2. The number of nitrogens with zero attached hydrogens (tertiary/aromatic N) is 1. The van der Waals surface area contributed by atoms with E-state index in [1.165, 1.54) is 13.1 Å². The summed E-state index contributed by atoms with van der Waals surface area (Å²) in [6.45, 7) is 1.33. The van der Waals surface area contributed by atoms with Crippen LogP contribution in [0, 0.1) is 0 Å². The molecular weight excluding hydrogens is 348 g/mol. The minimum Gasteiger partial charge on any atom is -0.427 e. The van der Waals surface area contributed by atoms with Gasteiger partial charge in [-0.25, -0.2) is 5.43 Å². The topological polar surface area (TPSA) is 67.8 Å². The van der Waals surface area contributed by atoms with Gasteiger partial charge < -0.3 is 4.74 Å². The van der Waals surface area contributed by atoms with Crippen LogP contribution >= 0.6 is 15.9 Å². The van der Waals surface area contributed by atoms with E-state index in [9.17, 15) is 9.59 Å². The lowest BCUT2D eigenvalue weighted by Crippen LogP contribution is -2.17. The van der Waals surface area contributed by atoms with Crippen LogP contribution in [0.1, 0.15) is 22.8 Å². The van der Waals surface area contributed by atoms with Crippen molar-refractivity contribution in [1.82, 2.24) is 5.43 Å². The average Bonchev–Trinajstić information content (AvgIpc) is 2.47. The van der Waals surface area contributed by atoms with Gasteiger partial charge in [0.1, 0.15) is 5.75 Å². The minimum atomic E-state index is -0.392. The third kappa shape index (κ3) is 4.82. The maximum atomic E-state index is 11.9. The standard InChI is InChI=1S/C16H13BrN2O3/c1-11(20)22-15-7-2-4-12(8-15)10-18-19-16(21)13-5-3-6-14(17)9-13/h2-10H,1H3,(H,19,21)/b18-10-. The van der Waals surface area contributed by atoms with Gasteiger partial charge in [-0.1, -0.05) is 34.1 Å². The number of halogens is 1. The molecule has 2 rings (SSSR count). The molecule has 0 bridgehead atoms. The SMILES string of the molecule is CC(=O)Oc1cccc(/C=N\NC(=O)c2cccc(Br)c2)c1. The van der Waals surface area contributed by atoms with Crippen molar-refractivity contribution in [2.75, 3.05) is 0 Å². The molecule has 0 aliphatic rings. The number of hydrogen-bond acceptors (Lipinski definition) is 4. The Balaban J connectivity index is 2.00. The molecule has 22 heavy (non-hydrogen) atoms. The summed E-state index contributed by atoms with van der Waals surface area (Å²) < 4.78 is 5.79. The van der Waals surface area contributed by atoms with Crippen LogP contribution in [0.25, 0.3) is 0 Å². The molecule has 0 atom stereocenters. The summed E-state index contributed by atoms with van der Waals surface area (Å²) in [6, 6.07) is 13.8. The van der Waals surface area contributed by atoms with Gasteiger partial charge in [0.15, 0.2) is 0 Å².